The predicted octanol–water partition coefficient (Wildman–Crippen LogP) is 2.54. The summed E-state index contributed by atoms with van der Waals surface area (Å²) in [5.74, 6) is 1.55. The van der Waals surface area contributed by atoms with E-state index in [0.29, 0.717) is 19.8 Å². The molecule has 2 N–H and O–H groups in total. The normalized spacial score (nSPS) is 13.5. The average molecular weight is 295 g/mol. The summed E-state index contributed by atoms with van der Waals surface area (Å²) in [6.07, 6.45) is 0. The van der Waals surface area contributed by atoms with Crippen molar-refractivity contribution in [2.45, 2.75) is 13.5 Å². The van der Waals surface area contributed by atoms with E-state index < -0.39 is 0 Å². The number of hydrogen-bond acceptors (Lipinski definition) is 4. The van der Waals surface area contributed by atoms with Gasteiger partial charge in [0.15, 0.2) is 11.5 Å². The van der Waals surface area contributed by atoms with E-state index in [1.165, 1.54) is 0 Å². The number of imidazole rings is 1. The predicted molar refractivity (Wildman–Crippen MR) is 84.2 cm³/mol. The molecule has 0 spiro atoms. The Balaban J connectivity index is 1.92. The number of rotatable bonds is 2. The van der Waals surface area contributed by atoms with Crippen molar-refractivity contribution >= 4 is 5.65 Å². The Kier molecular flexibility index (Phi) is 3.01. The SMILES string of the molecule is Cc1cccc2nc(-c3ccc4c(c3)OCCO4)c(CN)n12. The molecular formula is C17H17N3O2. The van der Waals surface area contributed by atoms with Crippen LogP contribution in [0.3, 0.4) is 0 Å². The third-order valence-electron chi connectivity index (χ3n) is 3.94. The molecule has 2 aromatic heterocycles. The number of hydrogen-bond donors (Lipinski definition) is 1. The van der Waals surface area contributed by atoms with Gasteiger partial charge in [-0.3, -0.25) is 4.40 Å². The summed E-state index contributed by atoms with van der Waals surface area (Å²) in [5.41, 5.74) is 10.9. The molecule has 5 heteroatoms. The van der Waals surface area contributed by atoms with Crippen molar-refractivity contribution in [3.63, 3.8) is 0 Å². The summed E-state index contributed by atoms with van der Waals surface area (Å²) < 4.78 is 13.3. The highest BCUT2D eigenvalue weighted by molar-refractivity contribution is 5.70. The zero-order valence-corrected chi connectivity index (χ0v) is 12.4. The Bertz CT molecular complexity index is 854. The standard InChI is InChI=1S/C17H17N3O2/c1-11-3-2-4-16-19-17(13(10-18)20(11)16)12-5-6-14-15(9-12)22-8-7-21-14/h2-6,9H,7-8,10,18H2,1H3. The quantitative estimate of drug-likeness (QED) is 0.789. The molecule has 3 aromatic rings. The van der Waals surface area contributed by atoms with E-state index in [0.717, 1.165) is 39.8 Å². The van der Waals surface area contributed by atoms with Gasteiger partial charge in [0.25, 0.3) is 0 Å². The van der Waals surface area contributed by atoms with Gasteiger partial charge in [-0.05, 0) is 37.3 Å². The number of aromatic nitrogens is 2. The van der Waals surface area contributed by atoms with Gasteiger partial charge in [-0.1, -0.05) is 6.07 Å². The van der Waals surface area contributed by atoms with E-state index in [1.54, 1.807) is 0 Å². The Hall–Kier alpha value is -2.53. The van der Waals surface area contributed by atoms with Crippen molar-refractivity contribution in [3.8, 4) is 22.8 Å². The Morgan fingerprint density at radius 1 is 1.14 bits per heavy atom. The lowest BCUT2D eigenvalue weighted by Crippen LogP contribution is -2.15. The van der Waals surface area contributed by atoms with E-state index in [2.05, 4.69) is 17.4 Å². The number of aryl methyl sites for hydroxylation is 1. The van der Waals surface area contributed by atoms with Gasteiger partial charge in [0, 0.05) is 17.8 Å². The van der Waals surface area contributed by atoms with E-state index in [4.69, 9.17) is 20.2 Å². The number of pyridine rings is 1. The first-order valence-corrected chi connectivity index (χ1v) is 7.35. The van der Waals surface area contributed by atoms with Crippen LogP contribution >= 0.6 is 0 Å². The van der Waals surface area contributed by atoms with E-state index in [-0.39, 0.29) is 0 Å². The molecule has 0 fully saturated rings. The topological polar surface area (TPSA) is 61.8 Å². The van der Waals surface area contributed by atoms with Gasteiger partial charge in [0.2, 0.25) is 0 Å². The summed E-state index contributed by atoms with van der Waals surface area (Å²) >= 11 is 0. The largest absolute Gasteiger partial charge is 0.486 e. The summed E-state index contributed by atoms with van der Waals surface area (Å²) in [6, 6.07) is 12.0. The highest BCUT2D eigenvalue weighted by Gasteiger charge is 2.17. The van der Waals surface area contributed by atoms with Crippen LogP contribution in [-0.2, 0) is 6.54 Å². The van der Waals surface area contributed by atoms with Gasteiger partial charge >= 0.3 is 0 Å². The summed E-state index contributed by atoms with van der Waals surface area (Å²) in [5, 5.41) is 0. The molecule has 4 rings (SSSR count). The molecule has 0 saturated carbocycles. The van der Waals surface area contributed by atoms with Crippen molar-refractivity contribution in [1.82, 2.24) is 9.38 Å². The molecular weight excluding hydrogens is 278 g/mol. The zero-order chi connectivity index (χ0) is 15.1. The van der Waals surface area contributed by atoms with Gasteiger partial charge in [-0.25, -0.2) is 4.98 Å². The second-order valence-corrected chi connectivity index (χ2v) is 5.33. The summed E-state index contributed by atoms with van der Waals surface area (Å²) in [4.78, 5) is 4.75. The Morgan fingerprint density at radius 2 is 1.95 bits per heavy atom. The maximum Gasteiger partial charge on any atom is 0.162 e. The van der Waals surface area contributed by atoms with Crippen LogP contribution in [0, 0.1) is 6.92 Å². The lowest BCUT2D eigenvalue weighted by atomic mass is 10.1. The maximum atomic E-state index is 5.99. The third-order valence-corrected chi connectivity index (χ3v) is 3.94. The average Bonchev–Trinajstić information content (AvgIpc) is 2.94. The molecule has 0 bridgehead atoms. The molecule has 112 valence electrons. The Labute approximate surface area is 128 Å². The Morgan fingerprint density at radius 3 is 2.77 bits per heavy atom. The third kappa shape index (κ3) is 1.94. The molecule has 0 unspecified atom stereocenters. The molecule has 0 atom stereocenters. The second kappa shape index (κ2) is 5.03. The van der Waals surface area contributed by atoms with Crippen LogP contribution in [0.15, 0.2) is 36.4 Å². The van der Waals surface area contributed by atoms with Gasteiger partial charge < -0.3 is 15.2 Å². The van der Waals surface area contributed by atoms with Crippen LogP contribution in [0.5, 0.6) is 11.5 Å². The molecule has 3 heterocycles. The molecule has 1 aliphatic heterocycles. The van der Waals surface area contributed by atoms with Crippen LogP contribution in [0.4, 0.5) is 0 Å². The fourth-order valence-corrected chi connectivity index (χ4v) is 2.94. The minimum atomic E-state index is 0.426. The van der Waals surface area contributed by atoms with E-state index in [1.807, 2.05) is 30.3 Å². The monoisotopic (exact) mass is 295 g/mol. The van der Waals surface area contributed by atoms with Crippen molar-refractivity contribution in [2.24, 2.45) is 5.73 Å². The minimum absolute atomic E-state index is 0.426. The first-order chi connectivity index (χ1) is 10.8. The number of nitrogens with zero attached hydrogens (tertiary/aromatic N) is 2. The van der Waals surface area contributed by atoms with E-state index >= 15 is 0 Å². The lowest BCUT2D eigenvalue weighted by Gasteiger charge is -2.18. The maximum absolute atomic E-state index is 5.99. The minimum Gasteiger partial charge on any atom is -0.486 e. The summed E-state index contributed by atoms with van der Waals surface area (Å²) in [6.45, 7) is 3.65. The van der Waals surface area contributed by atoms with Crippen molar-refractivity contribution in [2.75, 3.05) is 13.2 Å². The van der Waals surface area contributed by atoms with Gasteiger partial charge in [0.05, 0.1) is 11.4 Å². The molecule has 5 nitrogen and oxygen atoms in total. The van der Waals surface area contributed by atoms with Gasteiger partial charge in [-0.2, -0.15) is 0 Å². The highest BCUT2D eigenvalue weighted by Crippen LogP contribution is 2.35. The highest BCUT2D eigenvalue weighted by atomic mass is 16.6. The first-order valence-electron chi connectivity index (χ1n) is 7.35. The molecule has 0 radical (unpaired) electrons. The fraction of sp³-hybridized carbons (Fsp3) is 0.235. The van der Waals surface area contributed by atoms with Gasteiger partial charge in [-0.15, -0.1) is 0 Å². The number of nitrogens with two attached hydrogens (primary N) is 1. The van der Waals surface area contributed by atoms with Crippen LogP contribution in [0.25, 0.3) is 16.9 Å². The van der Waals surface area contributed by atoms with Gasteiger partial charge in [0.1, 0.15) is 18.9 Å². The first kappa shape index (κ1) is 13.2. The van der Waals surface area contributed by atoms with Crippen molar-refractivity contribution in [3.05, 3.63) is 47.8 Å². The lowest BCUT2D eigenvalue weighted by molar-refractivity contribution is 0.171. The fourth-order valence-electron chi connectivity index (χ4n) is 2.94. The molecule has 0 amide bonds. The molecule has 22 heavy (non-hydrogen) atoms. The molecule has 1 aromatic carbocycles. The van der Waals surface area contributed by atoms with Crippen molar-refractivity contribution in [1.29, 1.82) is 0 Å². The number of ether oxygens (including phenoxy) is 2. The van der Waals surface area contributed by atoms with Crippen LogP contribution in [0.1, 0.15) is 11.4 Å². The number of fused-ring (bicyclic) bond motifs is 2. The second-order valence-electron chi connectivity index (χ2n) is 5.33. The molecule has 0 saturated heterocycles. The van der Waals surface area contributed by atoms with Crippen LogP contribution < -0.4 is 15.2 Å². The molecule has 1 aliphatic rings. The van der Waals surface area contributed by atoms with E-state index in [9.17, 15) is 0 Å². The number of benzene rings is 1. The van der Waals surface area contributed by atoms with Crippen LogP contribution in [-0.4, -0.2) is 22.6 Å². The summed E-state index contributed by atoms with van der Waals surface area (Å²) in [7, 11) is 0. The zero-order valence-electron chi connectivity index (χ0n) is 12.4. The van der Waals surface area contributed by atoms with Crippen LogP contribution in [0.2, 0.25) is 0 Å². The van der Waals surface area contributed by atoms with Crippen molar-refractivity contribution < 1.29 is 9.47 Å². The molecule has 0 aliphatic carbocycles. The smallest absolute Gasteiger partial charge is 0.162 e.